The zero-order valence-corrected chi connectivity index (χ0v) is 12.0. The van der Waals surface area contributed by atoms with Gasteiger partial charge in [-0.2, -0.15) is 0 Å². The van der Waals surface area contributed by atoms with Crippen LogP contribution in [0.15, 0.2) is 23.1 Å². The molecule has 0 N–H and O–H groups in total. The molecule has 0 saturated carbocycles. The van der Waals surface area contributed by atoms with Crippen LogP contribution in [0.2, 0.25) is 0 Å². The van der Waals surface area contributed by atoms with E-state index in [1.54, 1.807) is 25.1 Å². The van der Waals surface area contributed by atoms with Gasteiger partial charge in [0, 0.05) is 10.5 Å². The largest absolute Gasteiger partial charge is 0.462 e. The highest BCUT2D eigenvalue weighted by Gasteiger charge is 2.23. The fourth-order valence-electron chi connectivity index (χ4n) is 1.41. The van der Waals surface area contributed by atoms with E-state index in [1.807, 2.05) is 0 Å². The maximum atomic E-state index is 11.8. The Hall–Kier alpha value is -0.810. The van der Waals surface area contributed by atoms with E-state index < -0.39 is 10.8 Å². The highest BCUT2D eigenvalue weighted by Crippen LogP contribution is 2.32. The van der Waals surface area contributed by atoms with Crippen molar-refractivity contribution in [2.24, 2.45) is 0 Å². The Morgan fingerprint density at radius 3 is 2.65 bits per heavy atom. The lowest BCUT2D eigenvalue weighted by atomic mass is 10.0. The zero-order chi connectivity index (χ0) is 13.0. The minimum absolute atomic E-state index is 0.0861. The molecule has 0 spiro atoms. The predicted molar refractivity (Wildman–Crippen MR) is 72.0 cm³/mol. The Labute approximate surface area is 114 Å². The maximum absolute atomic E-state index is 11.8. The summed E-state index contributed by atoms with van der Waals surface area (Å²) < 4.78 is 4.95. The molecular formula is C12H13BrO3S. The Morgan fingerprint density at radius 1 is 1.47 bits per heavy atom. The molecule has 0 aromatic heterocycles. The van der Waals surface area contributed by atoms with Crippen molar-refractivity contribution >= 4 is 40.3 Å². The summed E-state index contributed by atoms with van der Waals surface area (Å²) in [7, 11) is 0. The maximum Gasteiger partial charge on any atom is 0.338 e. The van der Waals surface area contributed by atoms with Crippen LogP contribution in [0.4, 0.5) is 0 Å². The second-order valence-corrected chi connectivity index (χ2v) is 4.83. The molecule has 0 bridgehead atoms. The van der Waals surface area contributed by atoms with Crippen LogP contribution >= 0.6 is 28.6 Å². The SMILES string of the molecule is CCOC(=O)c1cccc(S)c1C(Br)C(C)=O. The van der Waals surface area contributed by atoms with Gasteiger partial charge in [-0.1, -0.05) is 22.0 Å². The van der Waals surface area contributed by atoms with Gasteiger partial charge in [-0.05, 0) is 26.0 Å². The Bertz CT molecular complexity index is 445. The first kappa shape index (κ1) is 14.3. The summed E-state index contributed by atoms with van der Waals surface area (Å²) in [5.74, 6) is -0.527. The van der Waals surface area contributed by atoms with Gasteiger partial charge in [-0.15, -0.1) is 12.6 Å². The standard InChI is InChI=1S/C12H13BrO3S/c1-3-16-12(15)8-5-4-6-9(17)10(8)11(13)7(2)14/h4-6,11,17H,3H2,1-2H3. The molecule has 0 fully saturated rings. The molecule has 1 rings (SSSR count). The average molecular weight is 317 g/mol. The van der Waals surface area contributed by atoms with Crippen molar-refractivity contribution in [3.05, 3.63) is 29.3 Å². The third-order valence-corrected chi connectivity index (χ3v) is 3.68. The number of ether oxygens (including phenoxy) is 1. The van der Waals surface area contributed by atoms with Crippen molar-refractivity contribution in [3.63, 3.8) is 0 Å². The molecule has 0 aliphatic carbocycles. The first-order chi connectivity index (χ1) is 7.99. The number of carbonyl (C=O) groups excluding carboxylic acids is 2. The van der Waals surface area contributed by atoms with Crippen molar-refractivity contribution in [2.45, 2.75) is 23.6 Å². The molecule has 1 aromatic rings. The van der Waals surface area contributed by atoms with E-state index in [2.05, 4.69) is 28.6 Å². The molecule has 0 amide bonds. The summed E-state index contributed by atoms with van der Waals surface area (Å²) in [6, 6.07) is 5.07. The molecule has 92 valence electrons. The molecule has 1 aromatic carbocycles. The lowest BCUT2D eigenvalue weighted by Crippen LogP contribution is -2.12. The summed E-state index contributed by atoms with van der Waals surface area (Å²) >= 11 is 7.54. The molecule has 0 radical (unpaired) electrons. The van der Waals surface area contributed by atoms with Crippen LogP contribution in [0.5, 0.6) is 0 Å². The summed E-state index contributed by atoms with van der Waals surface area (Å²) in [5, 5.41) is 0. The second kappa shape index (κ2) is 6.21. The summed E-state index contributed by atoms with van der Waals surface area (Å²) in [5.41, 5.74) is 0.929. The quantitative estimate of drug-likeness (QED) is 0.527. The molecule has 17 heavy (non-hydrogen) atoms. The lowest BCUT2D eigenvalue weighted by molar-refractivity contribution is -0.116. The first-order valence-corrected chi connectivity index (χ1v) is 6.48. The van der Waals surface area contributed by atoms with Gasteiger partial charge in [0.2, 0.25) is 0 Å². The molecule has 0 saturated heterocycles. The third-order valence-electron chi connectivity index (χ3n) is 2.19. The number of hydrogen-bond acceptors (Lipinski definition) is 4. The van der Waals surface area contributed by atoms with Crippen LogP contribution in [-0.2, 0) is 9.53 Å². The molecule has 5 heteroatoms. The first-order valence-electron chi connectivity index (χ1n) is 5.12. The number of halogens is 1. The fraction of sp³-hybridized carbons (Fsp3) is 0.333. The summed E-state index contributed by atoms with van der Waals surface area (Å²) in [6.07, 6.45) is 0. The molecule has 1 atom stereocenters. The van der Waals surface area contributed by atoms with Gasteiger partial charge in [0.05, 0.1) is 17.0 Å². The van der Waals surface area contributed by atoms with E-state index in [-0.39, 0.29) is 5.78 Å². The number of thiol groups is 1. The Morgan fingerprint density at radius 2 is 2.12 bits per heavy atom. The number of carbonyl (C=O) groups is 2. The molecule has 0 aliphatic heterocycles. The van der Waals surface area contributed by atoms with Crippen LogP contribution < -0.4 is 0 Å². The number of Topliss-reactive ketones (excluding diaryl/α,β-unsaturated/α-hetero) is 1. The van der Waals surface area contributed by atoms with Crippen LogP contribution in [-0.4, -0.2) is 18.4 Å². The number of hydrogen-bond donors (Lipinski definition) is 1. The van der Waals surface area contributed by atoms with Gasteiger partial charge >= 0.3 is 5.97 Å². The lowest BCUT2D eigenvalue weighted by Gasteiger charge is -2.14. The summed E-state index contributed by atoms with van der Waals surface area (Å²) in [4.78, 5) is 23.2. The smallest absolute Gasteiger partial charge is 0.338 e. The van der Waals surface area contributed by atoms with Crippen molar-refractivity contribution in [1.29, 1.82) is 0 Å². The van der Waals surface area contributed by atoms with Gasteiger partial charge in [-0.3, -0.25) is 4.79 Å². The second-order valence-electron chi connectivity index (χ2n) is 3.43. The van der Waals surface area contributed by atoms with E-state index in [0.29, 0.717) is 22.6 Å². The monoisotopic (exact) mass is 316 g/mol. The van der Waals surface area contributed by atoms with E-state index in [0.717, 1.165) is 0 Å². The van der Waals surface area contributed by atoms with Crippen molar-refractivity contribution in [1.82, 2.24) is 0 Å². The molecule has 1 unspecified atom stereocenters. The molecule has 0 heterocycles. The van der Waals surface area contributed by atoms with Crippen LogP contribution in [0, 0.1) is 0 Å². The number of rotatable bonds is 4. The highest BCUT2D eigenvalue weighted by atomic mass is 79.9. The average Bonchev–Trinajstić information content (AvgIpc) is 2.28. The summed E-state index contributed by atoms with van der Waals surface area (Å²) in [6.45, 7) is 3.48. The predicted octanol–water partition coefficient (Wildman–Crippen LogP) is 3.18. The van der Waals surface area contributed by atoms with Crippen LogP contribution in [0.3, 0.4) is 0 Å². The molecule has 3 nitrogen and oxygen atoms in total. The van der Waals surface area contributed by atoms with E-state index in [1.165, 1.54) is 6.92 Å². The van der Waals surface area contributed by atoms with Gasteiger partial charge in [0.25, 0.3) is 0 Å². The minimum Gasteiger partial charge on any atom is -0.462 e. The number of alkyl halides is 1. The third kappa shape index (κ3) is 3.33. The molecular weight excluding hydrogens is 304 g/mol. The van der Waals surface area contributed by atoms with E-state index in [9.17, 15) is 9.59 Å². The Kier molecular flexibility index (Phi) is 5.21. The van der Waals surface area contributed by atoms with Gasteiger partial charge in [0.1, 0.15) is 5.78 Å². The van der Waals surface area contributed by atoms with Crippen molar-refractivity contribution in [2.75, 3.05) is 6.61 Å². The zero-order valence-electron chi connectivity index (χ0n) is 9.57. The number of benzene rings is 1. The van der Waals surface area contributed by atoms with Crippen LogP contribution in [0.1, 0.15) is 34.6 Å². The minimum atomic E-state index is -0.546. The number of esters is 1. The highest BCUT2D eigenvalue weighted by molar-refractivity contribution is 9.09. The van der Waals surface area contributed by atoms with Gasteiger partial charge < -0.3 is 4.74 Å². The van der Waals surface area contributed by atoms with Gasteiger partial charge in [-0.25, -0.2) is 4.79 Å². The fourth-order valence-corrected chi connectivity index (χ4v) is 2.42. The van der Waals surface area contributed by atoms with E-state index in [4.69, 9.17) is 4.74 Å². The van der Waals surface area contributed by atoms with Crippen molar-refractivity contribution < 1.29 is 14.3 Å². The van der Waals surface area contributed by atoms with E-state index >= 15 is 0 Å². The Balaban J connectivity index is 3.26. The normalized spacial score (nSPS) is 12.0. The number of ketones is 1. The molecule has 0 aliphatic rings. The van der Waals surface area contributed by atoms with Gasteiger partial charge in [0.15, 0.2) is 0 Å². The van der Waals surface area contributed by atoms with Crippen LogP contribution in [0.25, 0.3) is 0 Å². The van der Waals surface area contributed by atoms with Crippen molar-refractivity contribution in [3.8, 4) is 0 Å². The topological polar surface area (TPSA) is 43.4 Å².